The van der Waals surface area contributed by atoms with Gasteiger partial charge >= 0.3 is 0 Å². The molecule has 9 nitrogen and oxygen atoms in total. The van der Waals surface area contributed by atoms with Gasteiger partial charge in [-0.3, -0.25) is 14.8 Å². The number of hydrogen-bond acceptors (Lipinski definition) is 8. The first kappa shape index (κ1) is 24.7. The van der Waals surface area contributed by atoms with Crippen LogP contribution >= 0.6 is 0 Å². The van der Waals surface area contributed by atoms with Crippen LogP contribution in [-0.4, -0.2) is 57.8 Å². The molecule has 0 radical (unpaired) electrons. The highest BCUT2D eigenvalue weighted by atomic mass is 16.5. The van der Waals surface area contributed by atoms with Crippen molar-refractivity contribution in [1.29, 1.82) is 0 Å². The van der Waals surface area contributed by atoms with Gasteiger partial charge in [-0.05, 0) is 35.6 Å². The molecule has 0 spiro atoms. The van der Waals surface area contributed by atoms with E-state index in [4.69, 9.17) is 4.74 Å². The molecule has 3 N–H and O–H groups in total. The van der Waals surface area contributed by atoms with Gasteiger partial charge in [0.2, 0.25) is 0 Å². The van der Waals surface area contributed by atoms with Gasteiger partial charge in [0.25, 0.3) is 5.91 Å². The van der Waals surface area contributed by atoms with E-state index in [1.165, 1.54) is 6.33 Å². The van der Waals surface area contributed by atoms with E-state index in [9.17, 15) is 9.90 Å². The molecule has 2 atom stereocenters. The van der Waals surface area contributed by atoms with Gasteiger partial charge < -0.3 is 20.5 Å². The molecule has 9 heteroatoms. The lowest BCUT2D eigenvalue weighted by molar-refractivity contribution is -0.186. The smallest absolute Gasteiger partial charge is 0.251 e. The summed E-state index contributed by atoms with van der Waals surface area (Å²) in [5.41, 5.74) is 3.77. The number of carbonyl (C=O) groups excluding carboxylic acids is 1. The second-order valence-electron chi connectivity index (χ2n) is 9.57. The molecular weight excluding hydrogens is 468 g/mol. The summed E-state index contributed by atoms with van der Waals surface area (Å²) in [6.45, 7) is 5.57. The van der Waals surface area contributed by atoms with Crippen molar-refractivity contribution in [2.24, 2.45) is 5.92 Å². The molecule has 0 bridgehead atoms. The highest BCUT2D eigenvalue weighted by Crippen LogP contribution is 2.32. The number of para-hydroxylation sites is 1. The topological polar surface area (TPSA) is 122 Å². The van der Waals surface area contributed by atoms with E-state index in [0.717, 1.165) is 33.5 Å². The SMILES string of the molecule is CNC(=O)c1ccnc2c(C(C)[C@H](C)CNc3cc(-c4ccc(C5(O)COC5)nc4)ncn3)cccc12. The number of aromatic nitrogens is 4. The van der Waals surface area contributed by atoms with Crippen molar-refractivity contribution in [2.45, 2.75) is 25.4 Å². The number of anilines is 1. The standard InChI is InChI=1S/C28H30N6O3/c1-17(18(2)20-5-4-6-21-22(27(35)29-3)9-10-30-26(20)21)12-32-25-11-23(33-16-34-25)19-7-8-24(31-13-19)28(36)14-37-15-28/h4-11,13,16-18,36H,12,14-15H2,1-3H3,(H,29,35)(H,32,33,34)/t17-,18?/m1/s1. The molecular formula is C28H30N6O3. The lowest BCUT2D eigenvalue weighted by atomic mass is 9.87. The van der Waals surface area contributed by atoms with Crippen LogP contribution in [0.3, 0.4) is 0 Å². The monoisotopic (exact) mass is 498 g/mol. The number of rotatable bonds is 8. The third-order valence-electron chi connectivity index (χ3n) is 7.11. The molecule has 5 rings (SSSR count). The van der Waals surface area contributed by atoms with Crippen LogP contribution in [0.4, 0.5) is 5.82 Å². The fourth-order valence-electron chi connectivity index (χ4n) is 4.52. The molecule has 1 fully saturated rings. The van der Waals surface area contributed by atoms with Crippen LogP contribution < -0.4 is 10.6 Å². The molecule has 1 aromatic carbocycles. The van der Waals surface area contributed by atoms with Crippen molar-refractivity contribution < 1.29 is 14.6 Å². The number of hydrogen-bond donors (Lipinski definition) is 3. The Balaban J connectivity index is 1.29. The predicted molar refractivity (Wildman–Crippen MR) is 141 cm³/mol. The fraction of sp³-hybridized carbons (Fsp3) is 0.321. The largest absolute Gasteiger partial charge is 0.379 e. The maximum atomic E-state index is 12.3. The Bertz CT molecular complexity index is 1420. The first-order chi connectivity index (χ1) is 17.9. The van der Waals surface area contributed by atoms with E-state index in [-0.39, 0.29) is 31.0 Å². The quantitative estimate of drug-likeness (QED) is 0.337. The lowest BCUT2D eigenvalue weighted by Crippen LogP contribution is -2.47. The van der Waals surface area contributed by atoms with Crippen molar-refractivity contribution >= 4 is 22.6 Å². The maximum absolute atomic E-state index is 12.3. The Kier molecular flexibility index (Phi) is 6.82. The van der Waals surface area contributed by atoms with Gasteiger partial charge in [-0.25, -0.2) is 9.97 Å². The van der Waals surface area contributed by atoms with Gasteiger partial charge in [-0.15, -0.1) is 0 Å². The van der Waals surface area contributed by atoms with Crippen LogP contribution in [0.5, 0.6) is 0 Å². The maximum Gasteiger partial charge on any atom is 0.251 e. The highest BCUT2D eigenvalue weighted by molar-refractivity contribution is 6.06. The molecule has 4 aromatic rings. The minimum absolute atomic E-state index is 0.121. The van der Waals surface area contributed by atoms with Crippen LogP contribution in [-0.2, 0) is 10.3 Å². The van der Waals surface area contributed by atoms with Crippen LogP contribution in [0.2, 0.25) is 0 Å². The average Bonchev–Trinajstić information content (AvgIpc) is 2.93. The fourth-order valence-corrected chi connectivity index (χ4v) is 4.52. The molecule has 1 amide bonds. The number of nitrogens with one attached hydrogen (secondary N) is 2. The number of carbonyl (C=O) groups is 1. The first-order valence-electron chi connectivity index (χ1n) is 12.3. The number of fused-ring (bicyclic) bond motifs is 1. The van der Waals surface area contributed by atoms with Crippen molar-refractivity contribution in [3.8, 4) is 11.3 Å². The van der Waals surface area contributed by atoms with Gasteiger partial charge in [0, 0.05) is 43.0 Å². The van der Waals surface area contributed by atoms with Crippen LogP contribution in [0.1, 0.15) is 41.4 Å². The summed E-state index contributed by atoms with van der Waals surface area (Å²) in [5.74, 6) is 1.03. The third kappa shape index (κ3) is 4.87. The lowest BCUT2D eigenvalue weighted by Gasteiger charge is -2.35. The number of nitrogens with zero attached hydrogens (tertiary/aromatic N) is 4. The zero-order chi connectivity index (χ0) is 26.0. The molecule has 1 aliphatic rings. The Labute approximate surface area is 215 Å². The zero-order valence-electron chi connectivity index (χ0n) is 21.1. The molecule has 1 aliphatic heterocycles. The van der Waals surface area contributed by atoms with Crippen molar-refractivity contribution in [1.82, 2.24) is 25.3 Å². The molecule has 190 valence electrons. The van der Waals surface area contributed by atoms with E-state index in [0.29, 0.717) is 17.8 Å². The summed E-state index contributed by atoms with van der Waals surface area (Å²) in [6.07, 6.45) is 4.93. The summed E-state index contributed by atoms with van der Waals surface area (Å²) in [6, 6.07) is 13.4. The summed E-state index contributed by atoms with van der Waals surface area (Å²) in [5, 5.41) is 17.4. The third-order valence-corrected chi connectivity index (χ3v) is 7.11. The minimum Gasteiger partial charge on any atom is -0.379 e. The number of pyridine rings is 2. The van der Waals surface area contributed by atoms with Gasteiger partial charge in [0.05, 0.1) is 35.7 Å². The van der Waals surface area contributed by atoms with Crippen molar-refractivity contribution in [3.05, 3.63) is 78.0 Å². The van der Waals surface area contributed by atoms with Crippen LogP contribution in [0, 0.1) is 5.92 Å². The number of ether oxygens (including phenoxy) is 1. The normalized spacial score (nSPS) is 16.0. The Morgan fingerprint density at radius 2 is 1.95 bits per heavy atom. The first-order valence-corrected chi connectivity index (χ1v) is 12.3. The van der Waals surface area contributed by atoms with Gasteiger partial charge in [0.1, 0.15) is 12.1 Å². The number of amides is 1. The van der Waals surface area contributed by atoms with Crippen LogP contribution in [0.15, 0.2) is 61.2 Å². The summed E-state index contributed by atoms with van der Waals surface area (Å²) >= 11 is 0. The highest BCUT2D eigenvalue weighted by Gasteiger charge is 2.39. The van der Waals surface area contributed by atoms with E-state index in [2.05, 4.69) is 50.5 Å². The summed E-state index contributed by atoms with van der Waals surface area (Å²) in [4.78, 5) is 30.1. The van der Waals surface area contributed by atoms with Crippen molar-refractivity contribution in [2.75, 3.05) is 32.1 Å². The molecule has 3 aromatic heterocycles. The molecule has 37 heavy (non-hydrogen) atoms. The van der Waals surface area contributed by atoms with E-state index >= 15 is 0 Å². The Hall–Kier alpha value is -3.95. The molecule has 1 saturated heterocycles. The van der Waals surface area contributed by atoms with Crippen LogP contribution in [0.25, 0.3) is 22.2 Å². The second-order valence-corrected chi connectivity index (χ2v) is 9.57. The average molecular weight is 499 g/mol. The Morgan fingerprint density at radius 3 is 2.65 bits per heavy atom. The van der Waals surface area contributed by atoms with E-state index < -0.39 is 5.60 Å². The number of aliphatic hydroxyl groups is 1. The molecule has 0 aliphatic carbocycles. The molecule has 0 saturated carbocycles. The molecule has 4 heterocycles. The minimum atomic E-state index is -0.993. The molecule has 1 unspecified atom stereocenters. The van der Waals surface area contributed by atoms with Gasteiger partial charge in [-0.1, -0.05) is 32.0 Å². The van der Waals surface area contributed by atoms with E-state index in [1.54, 1.807) is 25.5 Å². The number of benzene rings is 1. The van der Waals surface area contributed by atoms with Crippen molar-refractivity contribution in [3.63, 3.8) is 0 Å². The van der Waals surface area contributed by atoms with Gasteiger partial charge in [0.15, 0.2) is 5.60 Å². The second kappa shape index (κ2) is 10.2. The predicted octanol–water partition coefficient (Wildman–Crippen LogP) is 3.52. The van der Waals surface area contributed by atoms with E-state index in [1.807, 2.05) is 30.3 Å². The van der Waals surface area contributed by atoms with Gasteiger partial charge in [-0.2, -0.15) is 0 Å². The summed E-state index contributed by atoms with van der Waals surface area (Å²) in [7, 11) is 1.63. The Morgan fingerprint density at radius 1 is 1.11 bits per heavy atom. The zero-order valence-corrected chi connectivity index (χ0v) is 21.1. The summed E-state index contributed by atoms with van der Waals surface area (Å²) < 4.78 is 5.12.